The van der Waals surface area contributed by atoms with Gasteiger partial charge in [0.25, 0.3) is 0 Å². The SMILES string of the molecule is CC1Cc2cc(Br)ccc2N1C(=O)C1CCCN(Cc2c(Cl)cccc2Cl)C1. The van der Waals surface area contributed by atoms with Crippen molar-refractivity contribution in [2.75, 3.05) is 18.0 Å². The molecule has 3 nitrogen and oxygen atoms in total. The van der Waals surface area contributed by atoms with Crippen LogP contribution in [-0.2, 0) is 17.8 Å². The van der Waals surface area contributed by atoms with E-state index in [4.69, 9.17) is 23.2 Å². The predicted molar refractivity (Wildman–Crippen MR) is 119 cm³/mol. The molecule has 0 saturated carbocycles. The molecule has 0 N–H and O–H groups in total. The summed E-state index contributed by atoms with van der Waals surface area (Å²) in [5, 5.41) is 1.38. The van der Waals surface area contributed by atoms with Crippen molar-refractivity contribution in [3.8, 4) is 0 Å². The summed E-state index contributed by atoms with van der Waals surface area (Å²) in [5.74, 6) is 0.246. The first-order valence-corrected chi connectivity index (χ1v) is 11.3. The fourth-order valence-electron chi connectivity index (χ4n) is 4.44. The third-order valence-corrected chi connectivity index (χ3v) is 6.99. The molecule has 2 atom stereocenters. The summed E-state index contributed by atoms with van der Waals surface area (Å²) in [6.07, 6.45) is 2.85. The van der Waals surface area contributed by atoms with Crippen molar-refractivity contribution in [3.63, 3.8) is 0 Å². The van der Waals surface area contributed by atoms with Crippen molar-refractivity contribution in [2.24, 2.45) is 5.92 Å². The second-order valence-corrected chi connectivity index (χ2v) is 9.54. The minimum Gasteiger partial charge on any atom is -0.309 e. The Morgan fingerprint density at radius 3 is 2.71 bits per heavy atom. The van der Waals surface area contributed by atoms with Crippen molar-refractivity contribution < 1.29 is 4.79 Å². The van der Waals surface area contributed by atoms with E-state index in [-0.39, 0.29) is 17.9 Å². The molecule has 2 aromatic carbocycles. The molecule has 1 amide bonds. The zero-order valence-corrected chi connectivity index (χ0v) is 18.9. The van der Waals surface area contributed by atoms with Crippen LogP contribution >= 0.6 is 39.1 Å². The molecule has 28 heavy (non-hydrogen) atoms. The van der Waals surface area contributed by atoms with Crippen molar-refractivity contribution in [1.29, 1.82) is 0 Å². The molecule has 2 aliphatic rings. The van der Waals surface area contributed by atoms with Gasteiger partial charge >= 0.3 is 0 Å². The lowest BCUT2D eigenvalue weighted by Crippen LogP contribution is -2.46. The molecule has 148 valence electrons. The number of piperidine rings is 1. The lowest BCUT2D eigenvalue weighted by molar-refractivity contribution is -0.124. The second kappa shape index (κ2) is 8.35. The smallest absolute Gasteiger partial charge is 0.231 e. The topological polar surface area (TPSA) is 23.6 Å². The summed E-state index contributed by atoms with van der Waals surface area (Å²) in [5.41, 5.74) is 3.25. The first kappa shape index (κ1) is 20.2. The van der Waals surface area contributed by atoms with E-state index in [0.717, 1.165) is 48.1 Å². The normalized spacial score (nSPS) is 22.4. The first-order chi connectivity index (χ1) is 13.4. The minimum absolute atomic E-state index is 0.00654. The summed E-state index contributed by atoms with van der Waals surface area (Å²) in [4.78, 5) is 17.7. The molecule has 0 radical (unpaired) electrons. The van der Waals surface area contributed by atoms with Crippen LogP contribution < -0.4 is 4.90 Å². The molecule has 6 heteroatoms. The molecule has 0 bridgehead atoms. The molecule has 1 saturated heterocycles. The van der Waals surface area contributed by atoms with Crippen LogP contribution in [0.1, 0.15) is 30.9 Å². The number of carbonyl (C=O) groups is 1. The third kappa shape index (κ3) is 3.97. The maximum Gasteiger partial charge on any atom is 0.231 e. The van der Waals surface area contributed by atoms with Gasteiger partial charge in [0.05, 0.1) is 5.92 Å². The lowest BCUT2D eigenvalue weighted by Gasteiger charge is -2.35. The zero-order valence-electron chi connectivity index (χ0n) is 15.8. The number of anilines is 1. The van der Waals surface area contributed by atoms with E-state index >= 15 is 0 Å². The highest BCUT2D eigenvalue weighted by Gasteiger charge is 2.36. The molecule has 1 fully saturated rings. The molecular weight excluding hydrogens is 459 g/mol. The summed E-state index contributed by atoms with van der Waals surface area (Å²) in [6.45, 7) is 4.52. The van der Waals surface area contributed by atoms with E-state index in [1.165, 1.54) is 5.56 Å². The fourth-order valence-corrected chi connectivity index (χ4v) is 5.37. The third-order valence-electron chi connectivity index (χ3n) is 5.79. The molecule has 2 aliphatic heterocycles. The van der Waals surface area contributed by atoms with E-state index in [2.05, 4.69) is 39.9 Å². The van der Waals surface area contributed by atoms with Gasteiger partial charge in [-0.1, -0.05) is 45.2 Å². The molecule has 2 aromatic rings. The van der Waals surface area contributed by atoms with Gasteiger partial charge in [-0.2, -0.15) is 0 Å². The second-order valence-electron chi connectivity index (χ2n) is 7.81. The average Bonchev–Trinajstić information content (AvgIpc) is 2.99. The van der Waals surface area contributed by atoms with Crippen molar-refractivity contribution in [1.82, 2.24) is 4.90 Å². The highest BCUT2D eigenvalue weighted by molar-refractivity contribution is 9.10. The van der Waals surface area contributed by atoms with E-state index in [1.807, 2.05) is 29.2 Å². The van der Waals surface area contributed by atoms with E-state index in [9.17, 15) is 4.79 Å². The minimum atomic E-state index is 0.00654. The zero-order chi connectivity index (χ0) is 19.8. The molecule has 0 spiro atoms. The number of carbonyl (C=O) groups excluding carboxylic acids is 1. The number of hydrogen-bond donors (Lipinski definition) is 0. The molecule has 0 aliphatic carbocycles. The maximum atomic E-state index is 13.4. The van der Waals surface area contributed by atoms with Gasteiger partial charge in [-0.15, -0.1) is 0 Å². The Morgan fingerprint density at radius 2 is 1.96 bits per heavy atom. The van der Waals surface area contributed by atoms with Gasteiger partial charge < -0.3 is 4.90 Å². The number of nitrogens with zero attached hydrogens (tertiary/aromatic N) is 2. The number of fused-ring (bicyclic) bond motifs is 1. The van der Waals surface area contributed by atoms with Gasteiger partial charge in [0.2, 0.25) is 5.91 Å². The lowest BCUT2D eigenvalue weighted by atomic mass is 9.95. The van der Waals surface area contributed by atoms with Gasteiger partial charge in [0.15, 0.2) is 0 Å². The Hall–Kier alpha value is -1.07. The highest BCUT2D eigenvalue weighted by atomic mass is 79.9. The summed E-state index contributed by atoms with van der Waals surface area (Å²) >= 11 is 16.2. The maximum absolute atomic E-state index is 13.4. The summed E-state index contributed by atoms with van der Waals surface area (Å²) < 4.78 is 1.06. The van der Waals surface area contributed by atoms with Crippen LogP contribution in [0.2, 0.25) is 10.0 Å². The van der Waals surface area contributed by atoms with E-state index in [0.29, 0.717) is 16.6 Å². The average molecular weight is 482 g/mol. The number of amides is 1. The van der Waals surface area contributed by atoms with E-state index in [1.54, 1.807) is 0 Å². The number of hydrogen-bond acceptors (Lipinski definition) is 2. The molecule has 0 aromatic heterocycles. The molecule has 4 rings (SSSR count). The Labute approximate surface area is 184 Å². The number of rotatable bonds is 3. The number of benzene rings is 2. The van der Waals surface area contributed by atoms with Crippen LogP contribution in [0.3, 0.4) is 0 Å². The van der Waals surface area contributed by atoms with Gasteiger partial charge in [-0.3, -0.25) is 9.69 Å². The van der Waals surface area contributed by atoms with Crippen LogP contribution in [0, 0.1) is 5.92 Å². The highest BCUT2D eigenvalue weighted by Crippen LogP contribution is 2.36. The number of likely N-dealkylation sites (tertiary alicyclic amines) is 1. The fraction of sp³-hybridized carbons (Fsp3) is 0.409. The monoisotopic (exact) mass is 480 g/mol. The van der Waals surface area contributed by atoms with Crippen LogP contribution in [0.25, 0.3) is 0 Å². The van der Waals surface area contributed by atoms with Crippen molar-refractivity contribution >= 4 is 50.7 Å². The summed E-state index contributed by atoms with van der Waals surface area (Å²) in [6, 6.07) is 12.0. The van der Waals surface area contributed by atoms with Crippen LogP contribution in [0.5, 0.6) is 0 Å². The standard InChI is InChI=1S/C22H23BrCl2N2O/c1-14-10-16-11-17(23)7-8-21(16)27(14)22(28)15-4-3-9-26(12-15)13-18-19(24)5-2-6-20(18)25/h2,5-8,11,14-15H,3-4,9-10,12-13H2,1H3. The van der Waals surface area contributed by atoms with Crippen LogP contribution in [0.4, 0.5) is 5.69 Å². The van der Waals surface area contributed by atoms with Gasteiger partial charge in [0, 0.05) is 44.9 Å². The Kier molecular flexibility index (Phi) is 6.03. The number of halogens is 3. The van der Waals surface area contributed by atoms with E-state index < -0.39 is 0 Å². The van der Waals surface area contributed by atoms with Gasteiger partial charge in [0.1, 0.15) is 0 Å². The Balaban J connectivity index is 1.50. The van der Waals surface area contributed by atoms with Crippen molar-refractivity contribution in [3.05, 3.63) is 62.0 Å². The first-order valence-electron chi connectivity index (χ1n) is 9.71. The molecule has 2 unspecified atom stereocenters. The van der Waals surface area contributed by atoms with Crippen molar-refractivity contribution in [2.45, 2.75) is 38.8 Å². The molecule has 2 heterocycles. The quantitative estimate of drug-likeness (QED) is 0.541. The largest absolute Gasteiger partial charge is 0.309 e. The molecular formula is C22H23BrCl2N2O. The van der Waals surface area contributed by atoms with Crippen LogP contribution in [0.15, 0.2) is 40.9 Å². The van der Waals surface area contributed by atoms with Gasteiger partial charge in [-0.25, -0.2) is 0 Å². The predicted octanol–water partition coefficient (Wildman–Crippen LogP) is 5.95. The van der Waals surface area contributed by atoms with Gasteiger partial charge in [-0.05, 0) is 68.6 Å². The Bertz CT molecular complexity index is 884. The Morgan fingerprint density at radius 1 is 1.21 bits per heavy atom. The summed E-state index contributed by atoms with van der Waals surface area (Å²) in [7, 11) is 0. The van der Waals surface area contributed by atoms with Crippen LogP contribution in [-0.4, -0.2) is 29.9 Å².